The molecule has 0 radical (unpaired) electrons. The summed E-state index contributed by atoms with van der Waals surface area (Å²) in [5.41, 5.74) is 0.303. The second-order valence-electron chi connectivity index (χ2n) is 5.13. The van der Waals surface area contributed by atoms with Crippen LogP contribution in [0.4, 0.5) is 0 Å². The summed E-state index contributed by atoms with van der Waals surface area (Å²) >= 11 is 0. The van der Waals surface area contributed by atoms with E-state index in [1.54, 1.807) is 0 Å². The van der Waals surface area contributed by atoms with Gasteiger partial charge in [0.15, 0.2) is 5.78 Å². The molecule has 0 spiro atoms. The van der Waals surface area contributed by atoms with Crippen LogP contribution in [0.2, 0.25) is 0 Å². The molecule has 0 fully saturated rings. The van der Waals surface area contributed by atoms with Crippen LogP contribution in [-0.4, -0.2) is 11.4 Å². The minimum absolute atomic E-state index is 0.169. The van der Waals surface area contributed by atoms with E-state index in [9.17, 15) is 4.79 Å². The van der Waals surface area contributed by atoms with Crippen LogP contribution in [0.25, 0.3) is 10.8 Å². The summed E-state index contributed by atoms with van der Waals surface area (Å²) in [5, 5.41) is 2.13. The summed E-state index contributed by atoms with van der Waals surface area (Å²) in [7, 11) is 0. The maximum atomic E-state index is 12.1. The number of carbonyl (C=O) groups excluding carboxylic acids is 1. The zero-order valence-electron chi connectivity index (χ0n) is 9.99. The van der Waals surface area contributed by atoms with Crippen LogP contribution >= 0.6 is 0 Å². The molecule has 2 aromatic rings. The molecule has 3 rings (SSSR count). The molecule has 2 heteroatoms. The first kappa shape index (κ1) is 10.3. The Hall–Kier alpha value is -1.83. The Morgan fingerprint density at radius 2 is 1.88 bits per heavy atom. The molecule has 2 aromatic carbocycles. The van der Waals surface area contributed by atoms with Crippen LogP contribution in [0.15, 0.2) is 36.4 Å². The van der Waals surface area contributed by atoms with E-state index in [0.29, 0.717) is 12.0 Å². The number of hydrogen-bond acceptors (Lipinski definition) is 2. The molecule has 2 nitrogen and oxygen atoms in total. The quantitative estimate of drug-likeness (QED) is 0.686. The third-order valence-corrected chi connectivity index (χ3v) is 3.14. The molecule has 17 heavy (non-hydrogen) atoms. The highest BCUT2D eigenvalue weighted by Gasteiger charge is 2.33. The maximum Gasteiger partial charge on any atom is 0.170 e. The van der Waals surface area contributed by atoms with Gasteiger partial charge in [-0.3, -0.25) is 4.79 Å². The van der Waals surface area contributed by atoms with E-state index in [0.717, 1.165) is 16.5 Å². The normalized spacial score (nSPS) is 17.6. The van der Waals surface area contributed by atoms with Gasteiger partial charge in [0.05, 0.1) is 12.0 Å². The van der Waals surface area contributed by atoms with Gasteiger partial charge in [-0.15, -0.1) is 0 Å². The average Bonchev–Trinajstić information content (AvgIpc) is 2.27. The Morgan fingerprint density at radius 1 is 1.12 bits per heavy atom. The lowest BCUT2D eigenvalue weighted by Crippen LogP contribution is -2.35. The minimum atomic E-state index is -0.409. The second kappa shape index (κ2) is 3.33. The summed E-state index contributed by atoms with van der Waals surface area (Å²) in [6.45, 7) is 3.91. The van der Waals surface area contributed by atoms with Crippen LogP contribution in [0, 0.1) is 0 Å². The topological polar surface area (TPSA) is 26.3 Å². The molecule has 0 bridgehead atoms. The molecule has 1 aliphatic rings. The second-order valence-corrected chi connectivity index (χ2v) is 5.13. The first-order valence-electron chi connectivity index (χ1n) is 5.81. The minimum Gasteiger partial charge on any atom is -0.486 e. The van der Waals surface area contributed by atoms with Crippen LogP contribution in [0.3, 0.4) is 0 Å². The molecule has 0 saturated carbocycles. The van der Waals surface area contributed by atoms with Gasteiger partial charge in [-0.1, -0.05) is 30.3 Å². The number of Topliss-reactive ketones (excluding diaryl/α,β-unsaturated/α-hetero) is 1. The Balaban J connectivity index is 2.32. The fourth-order valence-corrected chi connectivity index (χ4v) is 2.37. The summed E-state index contributed by atoms with van der Waals surface area (Å²) in [4.78, 5) is 12.1. The van der Waals surface area contributed by atoms with Crippen molar-refractivity contribution in [2.75, 3.05) is 0 Å². The predicted molar refractivity (Wildman–Crippen MR) is 67.6 cm³/mol. The predicted octanol–water partition coefficient (Wildman–Crippen LogP) is 3.58. The van der Waals surface area contributed by atoms with Crippen molar-refractivity contribution in [3.05, 3.63) is 42.0 Å². The van der Waals surface area contributed by atoms with Gasteiger partial charge >= 0.3 is 0 Å². The van der Waals surface area contributed by atoms with E-state index in [1.165, 1.54) is 0 Å². The monoisotopic (exact) mass is 226 g/mol. The van der Waals surface area contributed by atoms with Crippen LogP contribution in [0.1, 0.15) is 30.6 Å². The molecule has 0 unspecified atom stereocenters. The van der Waals surface area contributed by atoms with Crippen LogP contribution in [0.5, 0.6) is 5.75 Å². The lowest BCUT2D eigenvalue weighted by molar-refractivity contribution is 0.0630. The Bertz CT molecular complexity index is 611. The van der Waals surface area contributed by atoms with E-state index in [-0.39, 0.29) is 5.78 Å². The van der Waals surface area contributed by atoms with Crippen molar-refractivity contribution in [1.29, 1.82) is 0 Å². The smallest absolute Gasteiger partial charge is 0.170 e. The van der Waals surface area contributed by atoms with Gasteiger partial charge in [-0.2, -0.15) is 0 Å². The van der Waals surface area contributed by atoms with E-state index in [2.05, 4.69) is 0 Å². The van der Waals surface area contributed by atoms with Gasteiger partial charge in [0, 0.05) is 5.39 Å². The van der Waals surface area contributed by atoms with Crippen molar-refractivity contribution in [3.8, 4) is 5.75 Å². The van der Waals surface area contributed by atoms with Gasteiger partial charge in [-0.25, -0.2) is 0 Å². The van der Waals surface area contributed by atoms with Crippen molar-refractivity contribution >= 4 is 16.6 Å². The number of rotatable bonds is 0. The number of carbonyl (C=O) groups is 1. The molecular formula is C15H14O2. The molecule has 0 aliphatic carbocycles. The summed E-state index contributed by atoms with van der Waals surface area (Å²) in [6, 6.07) is 11.8. The lowest BCUT2D eigenvalue weighted by atomic mass is 9.91. The highest BCUT2D eigenvalue weighted by atomic mass is 16.5. The highest BCUT2D eigenvalue weighted by molar-refractivity contribution is 6.06. The first-order chi connectivity index (χ1) is 8.07. The van der Waals surface area contributed by atoms with Crippen molar-refractivity contribution in [3.63, 3.8) is 0 Å². The SMILES string of the molecule is CC1(C)CC(=O)c2ccc3ccccc3c2O1. The Kier molecular flexibility index (Phi) is 2.02. The summed E-state index contributed by atoms with van der Waals surface area (Å²) < 4.78 is 5.98. The van der Waals surface area contributed by atoms with E-state index < -0.39 is 5.60 Å². The zero-order valence-corrected chi connectivity index (χ0v) is 9.99. The standard InChI is InChI=1S/C15H14O2/c1-15(2)9-13(16)12-8-7-10-5-3-4-6-11(10)14(12)17-15/h3-8H,9H2,1-2H3. The highest BCUT2D eigenvalue weighted by Crippen LogP contribution is 2.38. The number of fused-ring (bicyclic) bond motifs is 3. The lowest BCUT2D eigenvalue weighted by Gasteiger charge is -2.32. The van der Waals surface area contributed by atoms with Crippen LogP contribution in [-0.2, 0) is 0 Å². The van der Waals surface area contributed by atoms with Gasteiger partial charge < -0.3 is 4.74 Å². The van der Waals surface area contributed by atoms with Gasteiger partial charge in [0.1, 0.15) is 11.4 Å². The van der Waals surface area contributed by atoms with Crippen molar-refractivity contribution in [2.24, 2.45) is 0 Å². The summed E-state index contributed by atoms with van der Waals surface area (Å²) in [5.74, 6) is 0.909. The maximum absolute atomic E-state index is 12.1. The van der Waals surface area contributed by atoms with Crippen molar-refractivity contribution in [1.82, 2.24) is 0 Å². The van der Waals surface area contributed by atoms with E-state index >= 15 is 0 Å². The molecule has 0 aromatic heterocycles. The van der Waals surface area contributed by atoms with Gasteiger partial charge in [0.2, 0.25) is 0 Å². The zero-order chi connectivity index (χ0) is 12.0. The summed E-state index contributed by atoms with van der Waals surface area (Å²) in [6.07, 6.45) is 0.443. The average molecular weight is 226 g/mol. The molecule has 0 N–H and O–H groups in total. The fraction of sp³-hybridized carbons (Fsp3) is 0.267. The van der Waals surface area contributed by atoms with Crippen molar-refractivity contribution < 1.29 is 9.53 Å². The first-order valence-corrected chi connectivity index (χ1v) is 5.81. The molecule has 86 valence electrons. The fourth-order valence-electron chi connectivity index (χ4n) is 2.37. The number of ketones is 1. The third kappa shape index (κ3) is 1.60. The molecule has 0 amide bonds. The van der Waals surface area contributed by atoms with Crippen LogP contribution < -0.4 is 4.74 Å². The molecule has 1 heterocycles. The van der Waals surface area contributed by atoms with Gasteiger partial charge in [0.25, 0.3) is 0 Å². The number of benzene rings is 2. The molecule has 0 atom stereocenters. The third-order valence-electron chi connectivity index (χ3n) is 3.14. The van der Waals surface area contributed by atoms with Crippen molar-refractivity contribution in [2.45, 2.75) is 25.9 Å². The number of hydrogen-bond donors (Lipinski definition) is 0. The molecule has 1 aliphatic heterocycles. The van der Waals surface area contributed by atoms with E-state index in [1.807, 2.05) is 50.2 Å². The largest absolute Gasteiger partial charge is 0.486 e. The molecule has 0 saturated heterocycles. The van der Waals surface area contributed by atoms with E-state index in [4.69, 9.17) is 4.74 Å². The Labute approximate surface area is 100 Å². The molecular weight excluding hydrogens is 212 g/mol. The Morgan fingerprint density at radius 3 is 2.71 bits per heavy atom. The number of ether oxygens (including phenoxy) is 1. The van der Waals surface area contributed by atoms with Gasteiger partial charge in [-0.05, 0) is 25.3 Å².